The highest BCUT2D eigenvalue weighted by Crippen LogP contribution is 2.38. The molecule has 1 aromatic heterocycles. The molecule has 190 valence electrons. The number of hydrogen-bond donors (Lipinski definition) is 1. The molecule has 1 N–H and O–H groups in total. The van der Waals surface area contributed by atoms with Crippen molar-refractivity contribution in [3.05, 3.63) is 48.3 Å². The number of halogens is 1. The number of rotatable bonds is 9. The third-order valence-electron chi connectivity index (χ3n) is 6.08. The summed E-state index contributed by atoms with van der Waals surface area (Å²) in [6.45, 7) is -0.516. The number of amides is 2. The van der Waals surface area contributed by atoms with E-state index in [-0.39, 0.29) is 36.7 Å². The molecule has 1 fully saturated rings. The standard InChI is InChI=1S/C25H29FN6O4/c1-35-20-9-6-10-21(36-2)24(20)31(15-22(33)27-19-7-4-3-5-8-19)23(34)16-32-29-25(28-30-32)17-11-13-18(26)14-12-17/h6,9-14,19H,3-5,7-8,15-16H2,1-2H3,(H,27,33). The SMILES string of the molecule is COc1cccc(OC)c1N(CC(=O)NC1CCCCC1)C(=O)Cn1nnc(-c2ccc(F)cc2)n1. The number of nitrogens with one attached hydrogen (secondary N) is 1. The fourth-order valence-electron chi connectivity index (χ4n) is 4.28. The van der Waals surface area contributed by atoms with Gasteiger partial charge in [-0.05, 0) is 54.5 Å². The highest BCUT2D eigenvalue weighted by molar-refractivity contribution is 6.01. The van der Waals surface area contributed by atoms with Gasteiger partial charge in [-0.1, -0.05) is 25.3 Å². The third kappa shape index (κ3) is 5.96. The normalized spacial score (nSPS) is 13.8. The van der Waals surface area contributed by atoms with Gasteiger partial charge >= 0.3 is 0 Å². The van der Waals surface area contributed by atoms with Crippen LogP contribution in [0.15, 0.2) is 42.5 Å². The number of aromatic nitrogens is 4. The van der Waals surface area contributed by atoms with Crippen LogP contribution in [0, 0.1) is 5.82 Å². The van der Waals surface area contributed by atoms with E-state index in [0.29, 0.717) is 22.7 Å². The molecule has 1 saturated carbocycles. The molecule has 0 radical (unpaired) electrons. The average molecular weight is 497 g/mol. The minimum absolute atomic E-state index is 0.0954. The van der Waals surface area contributed by atoms with Gasteiger partial charge < -0.3 is 14.8 Å². The summed E-state index contributed by atoms with van der Waals surface area (Å²) in [4.78, 5) is 29.0. The van der Waals surface area contributed by atoms with Gasteiger partial charge in [-0.25, -0.2) is 4.39 Å². The molecule has 1 heterocycles. The fraction of sp³-hybridized carbons (Fsp3) is 0.400. The lowest BCUT2D eigenvalue weighted by molar-refractivity contribution is -0.124. The zero-order chi connectivity index (χ0) is 25.5. The minimum Gasteiger partial charge on any atom is -0.494 e. The van der Waals surface area contributed by atoms with Crippen molar-refractivity contribution in [2.24, 2.45) is 0 Å². The van der Waals surface area contributed by atoms with Gasteiger partial charge in [0.15, 0.2) is 0 Å². The first-order valence-corrected chi connectivity index (χ1v) is 11.8. The topological polar surface area (TPSA) is 111 Å². The van der Waals surface area contributed by atoms with Crippen molar-refractivity contribution in [3.63, 3.8) is 0 Å². The quantitative estimate of drug-likeness (QED) is 0.485. The summed E-state index contributed by atoms with van der Waals surface area (Å²) in [5.74, 6) is -0.103. The molecular weight excluding hydrogens is 467 g/mol. The number of nitrogens with zero attached hydrogens (tertiary/aromatic N) is 5. The first-order valence-electron chi connectivity index (χ1n) is 11.8. The molecule has 1 aliphatic carbocycles. The van der Waals surface area contributed by atoms with Gasteiger partial charge in [-0.15, -0.1) is 10.2 Å². The second-order valence-electron chi connectivity index (χ2n) is 8.54. The van der Waals surface area contributed by atoms with Gasteiger partial charge in [-0.3, -0.25) is 14.5 Å². The predicted molar refractivity (Wildman–Crippen MR) is 130 cm³/mol. The Morgan fingerprint density at radius 3 is 2.36 bits per heavy atom. The molecule has 10 nitrogen and oxygen atoms in total. The summed E-state index contributed by atoms with van der Waals surface area (Å²) in [6.07, 6.45) is 5.16. The van der Waals surface area contributed by atoms with Crippen molar-refractivity contribution < 1.29 is 23.5 Å². The van der Waals surface area contributed by atoms with Crippen molar-refractivity contribution in [1.82, 2.24) is 25.5 Å². The van der Waals surface area contributed by atoms with E-state index in [1.807, 2.05) is 0 Å². The van der Waals surface area contributed by atoms with Crippen molar-refractivity contribution in [2.45, 2.75) is 44.7 Å². The van der Waals surface area contributed by atoms with Crippen LogP contribution < -0.4 is 19.7 Å². The number of tetrazole rings is 1. The smallest absolute Gasteiger partial charge is 0.251 e. The number of hydrogen-bond acceptors (Lipinski definition) is 7. The highest BCUT2D eigenvalue weighted by Gasteiger charge is 2.28. The number of ether oxygens (including phenoxy) is 2. The maximum absolute atomic E-state index is 13.5. The number of para-hydroxylation sites is 1. The Balaban J connectivity index is 1.58. The molecular formula is C25H29FN6O4. The van der Waals surface area contributed by atoms with Crippen LogP contribution in [0.1, 0.15) is 32.1 Å². The van der Waals surface area contributed by atoms with Crippen LogP contribution in [-0.4, -0.2) is 58.8 Å². The molecule has 2 aromatic carbocycles. The minimum atomic E-state index is -0.459. The first kappa shape index (κ1) is 25.1. The van der Waals surface area contributed by atoms with E-state index in [2.05, 4.69) is 20.7 Å². The molecule has 4 rings (SSSR count). The second-order valence-corrected chi connectivity index (χ2v) is 8.54. The van der Waals surface area contributed by atoms with Gasteiger partial charge in [-0.2, -0.15) is 4.80 Å². The van der Waals surface area contributed by atoms with E-state index in [1.54, 1.807) is 18.2 Å². The zero-order valence-corrected chi connectivity index (χ0v) is 20.3. The lowest BCUT2D eigenvalue weighted by Crippen LogP contribution is -2.46. The number of benzene rings is 2. The Morgan fingerprint density at radius 2 is 1.72 bits per heavy atom. The Morgan fingerprint density at radius 1 is 1.06 bits per heavy atom. The molecule has 0 aliphatic heterocycles. The van der Waals surface area contributed by atoms with E-state index in [1.165, 1.54) is 49.8 Å². The van der Waals surface area contributed by atoms with Crippen LogP contribution in [0.3, 0.4) is 0 Å². The Labute approximate surface area is 208 Å². The van der Waals surface area contributed by atoms with Gasteiger partial charge in [0.25, 0.3) is 5.91 Å². The van der Waals surface area contributed by atoms with E-state index >= 15 is 0 Å². The van der Waals surface area contributed by atoms with Crippen molar-refractivity contribution in [2.75, 3.05) is 25.7 Å². The summed E-state index contributed by atoms with van der Waals surface area (Å²) >= 11 is 0. The van der Waals surface area contributed by atoms with E-state index < -0.39 is 5.91 Å². The van der Waals surface area contributed by atoms with Crippen LogP contribution in [0.5, 0.6) is 11.5 Å². The lowest BCUT2D eigenvalue weighted by atomic mass is 9.95. The second kappa shape index (κ2) is 11.6. The van der Waals surface area contributed by atoms with Crippen LogP contribution in [0.4, 0.5) is 10.1 Å². The van der Waals surface area contributed by atoms with Crippen LogP contribution >= 0.6 is 0 Å². The Kier molecular flexibility index (Phi) is 8.09. The molecule has 0 unspecified atom stereocenters. The van der Waals surface area contributed by atoms with Gasteiger partial charge in [0.2, 0.25) is 11.7 Å². The molecule has 2 amide bonds. The Hall–Kier alpha value is -4.02. The maximum Gasteiger partial charge on any atom is 0.251 e. The van der Waals surface area contributed by atoms with E-state index in [9.17, 15) is 14.0 Å². The average Bonchev–Trinajstić information content (AvgIpc) is 3.36. The lowest BCUT2D eigenvalue weighted by Gasteiger charge is -2.28. The molecule has 1 aliphatic rings. The van der Waals surface area contributed by atoms with Crippen molar-refractivity contribution >= 4 is 17.5 Å². The van der Waals surface area contributed by atoms with Crippen molar-refractivity contribution in [3.8, 4) is 22.9 Å². The first-order chi connectivity index (χ1) is 17.5. The van der Waals surface area contributed by atoms with Crippen molar-refractivity contribution in [1.29, 1.82) is 0 Å². The third-order valence-corrected chi connectivity index (χ3v) is 6.08. The number of anilines is 1. The van der Waals surface area contributed by atoms with Gasteiger partial charge in [0.1, 0.15) is 36.1 Å². The predicted octanol–water partition coefficient (Wildman–Crippen LogP) is 2.98. The summed E-state index contributed by atoms with van der Waals surface area (Å²) in [7, 11) is 2.97. The molecule has 3 aromatic rings. The number of carbonyl (C=O) groups excluding carboxylic acids is 2. The summed E-state index contributed by atoms with van der Waals surface area (Å²) < 4.78 is 24.2. The summed E-state index contributed by atoms with van der Waals surface area (Å²) in [6, 6.07) is 10.9. The largest absolute Gasteiger partial charge is 0.494 e. The zero-order valence-electron chi connectivity index (χ0n) is 20.3. The summed E-state index contributed by atoms with van der Waals surface area (Å²) in [5, 5.41) is 15.2. The monoisotopic (exact) mass is 496 g/mol. The summed E-state index contributed by atoms with van der Waals surface area (Å²) in [5.41, 5.74) is 0.899. The van der Waals surface area contributed by atoms with Crippen LogP contribution in [0.25, 0.3) is 11.4 Å². The number of carbonyl (C=O) groups is 2. The van der Waals surface area contributed by atoms with Gasteiger partial charge in [0, 0.05) is 11.6 Å². The molecule has 0 saturated heterocycles. The molecule has 11 heteroatoms. The molecule has 0 bridgehead atoms. The molecule has 0 atom stereocenters. The van der Waals surface area contributed by atoms with E-state index in [0.717, 1.165) is 30.5 Å². The van der Waals surface area contributed by atoms with E-state index in [4.69, 9.17) is 9.47 Å². The molecule has 36 heavy (non-hydrogen) atoms. The number of methoxy groups -OCH3 is 2. The Bertz CT molecular complexity index is 1170. The van der Waals surface area contributed by atoms with Crippen LogP contribution in [0.2, 0.25) is 0 Å². The van der Waals surface area contributed by atoms with Crippen LogP contribution in [-0.2, 0) is 16.1 Å². The van der Waals surface area contributed by atoms with Gasteiger partial charge in [0.05, 0.1) is 14.2 Å². The maximum atomic E-state index is 13.5. The fourth-order valence-corrected chi connectivity index (χ4v) is 4.28. The molecule has 0 spiro atoms. The highest BCUT2D eigenvalue weighted by atomic mass is 19.1.